The van der Waals surface area contributed by atoms with Crippen molar-refractivity contribution in [3.8, 4) is 0 Å². The number of hydrogen-bond donors (Lipinski definition) is 0. The average molecular weight is 100 g/mol. The van der Waals surface area contributed by atoms with Crippen LogP contribution in [0.4, 0.5) is 4.79 Å². The van der Waals surface area contributed by atoms with E-state index < -0.39 is 6.09 Å². The molecule has 1 aliphatic rings. The van der Waals surface area contributed by atoms with Gasteiger partial charge in [-0.25, -0.2) is 10.1 Å². The van der Waals surface area contributed by atoms with Crippen LogP contribution in [0.15, 0.2) is 0 Å². The molecule has 0 N–H and O–H groups in total. The standard InChI is InChI=1S/C4H6NO2/c1-3-2-7-4(6)5-3/h3H,2H2,1H3/t3-/m1/s1. The molecule has 0 unspecified atom stereocenters. The first-order valence-corrected chi connectivity index (χ1v) is 2.16. The van der Waals surface area contributed by atoms with E-state index in [1.165, 1.54) is 0 Å². The summed E-state index contributed by atoms with van der Waals surface area (Å²) in [5.41, 5.74) is 0. The summed E-state index contributed by atoms with van der Waals surface area (Å²) >= 11 is 0. The topological polar surface area (TPSA) is 40.4 Å². The number of cyclic esters (lactones) is 1. The van der Waals surface area contributed by atoms with Crippen LogP contribution in [0.25, 0.3) is 0 Å². The van der Waals surface area contributed by atoms with E-state index in [-0.39, 0.29) is 6.04 Å². The van der Waals surface area contributed by atoms with Crippen molar-refractivity contribution in [2.75, 3.05) is 6.61 Å². The number of amides is 1. The number of nitrogens with zero attached hydrogens (tertiary/aromatic N) is 1. The van der Waals surface area contributed by atoms with E-state index in [0.717, 1.165) is 0 Å². The van der Waals surface area contributed by atoms with Gasteiger partial charge in [0.05, 0.1) is 6.04 Å². The Morgan fingerprint density at radius 2 is 2.71 bits per heavy atom. The Bertz CT molecular complexity index is 91.7. The summed E-state index contributed by atoms with van der Waals surface area (Å²) < 4.78 is 4.46. The molecule has 0 aromatic carbocycles. The van der Waals surface area contributed by atoms with E-state index in [1.807, 2.05) is 6.92 Å². The smallest absolute Gasteiger partial charge is 0.429 e. The highest BCUT2D eigenvalue weighted by atomic mass is 16.6. The Labute approximate surface area is 41.7 Å². The molecule has 0 bridgehead atoms. The number of ether oxygens (including phenoxy) is 1. The van der Waals surface area contributed by atoms with Gasteiger partial charge in [-0.3, -0.25) is 0 Å². The summed E-state index contributed by atoms with van der Waals surface area (Å²) in [5, 5.41) is 3.53. The highest BCUT2D eigenvalue weighted by molar-refractivity contribution is 5.69. The highest BCUT2D eigenvalue weighted by Gasteiger charge is 2.18. The normalized spacial score (nSPS) is 29.3. The predicted octanol–water partition coefficient (Wildman–Crippen LogP) is 0.129. The molecule has 1 heterocycles. The molecule has 1 aliphatic heterocycles. The van der Waals surface area contributed by atoms with Crippen molar-refractivity contribution >= 4 is 6.09 Å². The van der Waals surface area contributed by atoms with E-state index in [2.05, 4.69) is 10.1 Å². The van der Waals surface area contributed by atoms with Gasteiger partial charge in [-0.2, -0.15) is 0 Å². The highest BCUT2D eigenvalue weighted by Crippen LogP contribution is 1.96. The van der Waals surface area contributed by atoms with Crippen molar-refractivity contribution in [2.45, 2.75) is 13.0 Å². The number of carbonyl (C=O) groups is 1. The molecule has 3 heteroatoms. The summed E-state index contributed by atoms with van der Waals surface area (Å²) in [6.07, 6.45) is -0.424. The van der Waals surface area contributed by atoms with Crippen LogP contribution < -0.4 is 5.32 Å². The van der Waals surface area contributed by atoms with Gasteiger partial charge in [-0.15, -0.1) is 0 Å². The van der Waals surface area contributed by atoms with Crippen LogP contribution in [-0.4, -0.2) is 18.7 Å². The lowest BCUT2D eigenvalue weighted by molar-refractivity contribution is 0.177. The minimum Gasteiger partial charge on any atom is -0.446 e. The zero-order valence-corrected chi connectivity index (χ0v) is 4.05. The minimum absolute atomic E-state index is 0.0764. The molecular weight excluding hydrogens is 94.0 g/mol. The minimum atomic E-state index is -0.424. The molecule has 0 aromatic heterocycles. The first-order chi connectivity index (χ1) is 3.29. The molecule has 1 saturated heterocycles. The third-order valence-electron chi connectivity index (χ3n) is 0.774. The van der Waals surface area contributed by atoms with Crippen molar-refractivity contribution in [1.29, 1.82) is 0 Å². The summed E-state index contributed by atoms with van der Waals surface area (Å²) in [5.74, 6) is 0. The molecular formula is C4H6NO2. The molecule has 1 rings (SSSR count). The lowest BCUT2D eigenvalue weighted by Crippen LogP contribution is -2.13. The molecule has 1 fully saturated rings. The molecule has 0 aliphatic carbocycles. The Morgan fingerprint density at radius 1 is 2.00 bits per heavy atom. The molecule has 1 radical (unpaired) electrons. The van der Waals surface area contributed by atoms with Gasteiger partial charge in [0.15, 0.2) is 0 Å². The van der Waals surface area contributed by atoms with Gasteiger partial charge in [-0.05, 0) is 6.92 Å². The maximum absolute atomic E-state index is 10.1. The van der Waals surface area contributed by atoms with Crippen molar-refractivity contribution in [3.63, 3.8) is 0 Å². The van der Waals surface area contributed by atoms with Crippen molar-refractivity contribution in [2.24, 2.45) is 0 Å². The van der Waals surface area contributed by atoms with Gasteiger partial charge in [0.25, 0.3) is 0 Å². The third-order valence-corrected chi connectivity index (χ3v) is 0.774. The number of carbonyl (C=O) groups excluding carboxylic acids is 1. The fourth-order valence-electron chi connectivity index (χ4n) is 0.446. The van der Waals surface area contributed by atoms with Crippen LogP contribution in [0.3, 0.4) is 0 Å². The molecule has 1 atom stereocenters. The van der Waals surface area contributed by atoms with Crippen molar-refractivity contribution in [3.05, 3.63) is 0 Å². The third kappa shape index (κ3) is 0.824. The summed E-state index contributed by atoms with van der Waals surface area (Å²) in [4.78, 5) is 10.1. The molecule has 0 spiro atoms. The van der Waals surface area contributed by atoms with Crippen LogP contribution >= 0.6 is 0 Å². The molecule has 0 aromatic rings. The Balaban J connectivity index is 2.40. The predicted molar refractivity (Wildman–Crippen MR) is 22.9 cm³/mol. The lowest BCUT2D eigenvalue weighted by atomic mass is 10.4. The Kier molecular flexibility index (Phi) is 0.889. The van der Waals surface area contributed by atoms with Gasteiger partial charge in [-0.1, -0.05) is 0 Å². The van der Waals surface area contributed by atoms with Gasteiger partial charge < -0.3 is 4.74 Å². The zero-order chi connectivity index (χ0) is 5.28. The van der Waals surface area contributed by atoms with Crippen LogP contribution in [0.5, 0.6) is 0 Å². The molecule has 3 nitrogen and oxygen atoms in total. The van der Waals surface area contributed by atoms with Crippen LogP contribution in [0.1, 0.15) is 6.92 Å². The SMILES string of the molecule is C[C@@H]1COC(=O)[N]1. The second-order valence-electron chi connectivity index (χ2n) is 1.56. The van der Waals surface area contributed by atoms with Gasteiger partial charge in [0.1, 0.15) is 6.61 Å². The molecule has 0 saturated carbocycles. The van der Waals surface area contributed by atoms with Crippen LogP contribution in [-0.2, 0) is 4.74 Å². The van der Waals surface area contributed by atoms with Gasteiger partial charge >= 0.3 is 6.09 Å². The number of rotatable bonds is 0. The molecule has 1 amide bonds. The van der Waals surface area contributed by atoms with Crippen molar-refractivity contribution < 1.29 is 9.53 Å². The Morgan fingerprint density at radius 3 is 2.86 bits per heavy atom. The molecule has 7 heavy (non-hydrogen) atoms. The van der Waals surface area contributed by atoms with Crippen LogP contribution in [0.2, 0.25) is 0 Å². The lowest BCUT2D eigenvalue weighted by Gasteiger charge is -1.86. The second-order valence-corrected chi connectivity index (χ2v) is 1.56. The fourth-order valence-corrected chi connectivity index (χ4v) is 0.446. The van der Waals surface area contributed by atoms with E-state index >= 15 is 0 Å². The largest absolute Gasteiger partial charge is 0.446 e. The Hall–Kier alpha value is -0.730. The maximum atomic E-state index is 10.1. The summed E-state index contributed by atoms with van der Waals surface area (Å²) in [7, 11) is 0. The maximum Gasteiger partial charge on any atom is 0.429 e. The van der Waals surface area contributed by atoms with Crippen LogP contribution in [0, 0.1) is 0 Å². The summed E-state index contributed by atoms with van der Waals surface area (Å²) in [6.45, 7) is 2.30. The fraction of sp³-hybridized carbons (Fsp3) is 0.750. The summed E-state index contributed by atoms with van der Waals surface area (Å²) in [6, 6.07) is 0.0764. The zero-order valence-electron chi connectivity index (χ0n) is 4.05. The first kappa shape index (κ1) is 4.43. The average Bonchev–Trinajstić information content (AvgIpc) is 1.87. The van der Waals surface area contributed by atoms with Gasteiger partial charge in [0, 0.05) is 0 Å². The van der Waals surface area contributed by atoms with Crippen molar-refractivity contribution in [1.82, 2.24) is 5.32 Å². The van der Waals surface area contributed by atoms with E-state index in [1.54, 1.807) is 0 Å². The van der Waals surface area contributed by atoms with Gasteiger partial charge in [0.2, 0.25) is 0 Å². The molecule has 39 valence electrons. The quantitative estimate of drug-likeness (QED) is 0.434. The first-order valence-electron chi connectivity index (χ1n) is 2.16. The van der Waals surface area contributed by atoms with E-state index in [9.17, 15) is 4.79 Å². The second kappa shape index (κ2) is 1.40. The van der Waals surface area contributed by atoms with E-state index in [4.69, 9.17) is 0 Å². The van der Waals surface area contributed by atoms with E-state index in [0.29, 0.717) is 6.61 Å². The number of hydrogen-bond acceptors (Lipinski definition) is 2. The monoisotopic (exact) mass is 100 g/mol.